The smallest absolute Gasteiger partial charge is 0.251 e. The SMILES string of the molecule is CCNCc1cc(=O)[nH]c(Cc2ccccc2Br)n1. The molecule has 0 saturated carbocycles. The van der Waals surface area contributed by atoms with Gasteiger partial charge in [-0.15, -0.1) is 0 Å². The van der Waals surface area contributed by atoms with E-state index in [2.05, 4.69) is 31.2 Å². The second-order valence-electron chi connectivity index (χ2n) is 4.23. The molecule has 19 heavy (non-hydrogen) atoms. The normalized spacial score (nSPS) is 10.6. The lowest BCUT2D eigenvalue weighted by Gasteiger charge is -2.06. The highest BCUT2D eigenvalue weighted by molar-refractivity contribution is 9.10. The average molecular weight is 322 g/mol. The molecule has 1 aromatic heterocycles. The minimum absolute atomic E-state index is 0.107. The van der Waals surface area contributed by atoms with Crippen LogP contribution in [0.5, 0.6) is 0 Å². The Kier molecular flexibility index (Phi) is 4.87. The van der Waals surface area contributed by atoms with Gasteiger partial charge < -0.3 is 10.3 Å². The van der Waals surface area contributed by atoms with E-state index in [0.717, 1.165) is 22.3 Å². The Morgan fingerprint density at radius 3 is 2.89 bits per heavy atom. The predicted octanol–water partition coefficient (Wildman–Crippen LogP) is 2.23. The van der Waals surface area contributed by atoms with E-state index < -0.39 is 0 Å². The second-order valence-corrected chi connectivity index (χ2v) is 5.09. The molecule has 5 heteroatoms. The zero-order valence-electron chi connectivity index (χ0n) is 10.7. The van der Waals surface area contributed by atoms with Gasteiger partial charge in [0, 0.05) is 23.5 Å². The van der Waals surface area contributed by atoms with Gasteiger partial charge in [0.2, 0.25) is 0 Å². The number of aromatic amines is 1. The molecule has 0 saturated heterocycles. The molecule has 100 valence electrons. The summed E-state index contributed by atoms with van der Waals surface area (Å²) in [5, 5.41) is 3.17. The maximum Gasteiger partial charge on any atom is 0.251 e. The van der Waals surface area contributed by atoms with E-state index in [-0.39, 0.29) is 5.56 Å². The van der Waals surface area contributed by atoms with Crippen molar-refractivity contribution in [3.05, 3.63) is 62.2 Å². The van der Waals surface area contributed by atoms with Crippen LogP contribution in [0.15, 0.2) is 39.6 Å². The summed E-state index contributed by atoms with van der Waals surface area (Å²) in [7, 11) is 0. The first kappa shape index (κ1) is 14.0. The van der Waals surface area contributed by atoms with Gasteiger partial charge in [-0.2, -0.15) is 0 Å². The molecule has 0 bridgehead atoms. The Bertz CT molecular complexity index is 610. The van der Waals surface area contributed by atoms with Crippen molar-refractivity contribution in [3.8, 4) is 0 Å². The number of aromatic nitrogens is 2. The maximum atomic E-state index is 11.6. The van der Waals surface area contributed by atoms with Gasteiger partial charge in [0.05, 0.1) is 5.69 Å². The van der Waals surface area contributed by atoms with Crippen molar-refractivity contribution in [2.24, 2.45) is 0 Å². The fourth-order valence-corrected chi connectivity index (χ4v) is 2.24. The van der Waals surface area contributed by atoms with Crippen molar-refractivity contribution in [3.63, 3.8) is 0 Å². The minimum Gasteiger partial charge on any atom is -0.311 e. The molecule has 0 amide bonds. The van der Waals surface area contributed by atoms with Crippen LogP contribution < -0.4 is 10.9 Å². The molecule has 0 spiro atoms. The third kappa shape index (κ3) is 4.01. The summed E-state index contributed by atoms with van der Waals surface area (Å²) in [6.07, 6.45) is 0.608. The van der Waals surface area contributed by atoms with Crippen LogP contribution in [0.3, 0.4) is 0 Å². The standard InChI is InChI=1S/C14H16BrN3O/c1-2-16-9-11-8-14(19)18-13(17-11)7-10-5-3-4-6-12(10)15/h3-6,8,16H,2,7,9H2,1H3,(H,17,18,19). The van der Waals surface area contributed by atoms with Gasteiger partial charge in [-0.1, -0.05) is 41.1 Å². The number of H-pyrrole nitrogens is 1. The quantitative estimate of drug-likeness (QED) is 0.887. The summed E-state index contributed by atoms with van der Waals surface area (Å²) < 4.78 is 1.02. The Morgan fingerprint density at radius 2 is 2.16 bits per heavy atom. The summed E-state index contributed by atoms with van der Waals surface area (Å²) in [4.78, 5) is 18.9. The maximum absolute atomic E-state index is 11.6. The molecular weight excluding hydrogens is 306 g/mol. The molecule has 4 nitrogen and oxygen atoms in total. The van der Waals surface area contributed by atoms with Gasteiger partial charge in [-0.05, 0) is 18.2 Å². The van der Waals surface area contributed by atoms with Crippen molar-refractivity contribution in [1.29, 1.82) is 0 Å². The zero-order valence-corrected chi connectivity index (χ0v) is 12.3. The summed E-state index contributed by atoms with van der Waals surface area (Å²) >= 11 is 3.50. The van der Waals surface area contributed by atoms with E-state index in [0.29, 0.717) is 18.8 Å². The number of hydrogen-bond acceptors (Lipinski definition) is 3. The lowest BCUT2D eigenvalue weighted by molar-refractivity contribution is 0.700. The van der Waals surface area contributed by atoms with Crippen LogP contribution in [0.4, 0.5) is 0 Å². The number of hydrogen-bond donors (Lipinski definition) is 2. The molecule has 1 heterocycles. The summed E-state index contributed by atoms with van der Waals surface area (Å²) in [6, 6.07) is 9.47. The van der Waals surface area contributed by atoms with Crippen molar-refractivity contribution < 1.29 is 0 Å². The molecule has 0 aliphatic carbocycles. The molecule has 0 atom stereocenters. The van der Waals surface area contributed by atoms with Gasteiger partial charge >= 0.3 is 0 Å². The van der Waals surface area contributed by atoms with Gasteiger partial charge in [0.1, 0.15) is 5.82 Å². The summed E-state index contributed by atoms with van der Waals surface area (Å²) in [5.74, 6) is 0.687. The van der Waals surface area contributed by atoms with Crippen molar-refractivity contribution >= 4 is 15.9 Å². The molecule has 1 aromatic carbocycles. The number of benzene rings is 1. The largest absolute Gasteiger partial charge is 0.311 e. The van der Waals surface area contributed by atoms with E-state index >= 15 is 0 Å². The summed E-state index contributed by atoms with van der Waals surface area (Å²) in [5.41, 5.74) is 1.77. The molecule has 0 radical (unpaired) electrons. The lowest BCUT2D eigenvalue weighted by atomic mass is 10.1. The Balaban J connectivity index is 2.23. The molecule has 0 aliphatic heterocycles. The number of halogens is 1. The first-order valence-corrected chi connectivity index (χ1v) is 7.01. The van der Waals surface area contributed by atoms with Gasteiger partial charge in [-0.25, -0.2) is 4.98 Å². The van der Waals surface area contributed by atoms with Gasteiger partial charge in [-0.3, -0.25) is 4.79 Å². The first-order chi connectivity index (χ1) is 9.19. The third-order valence-electron chi connectivity index (χ3n) is 2.72. The predicted molar refractivity (Wildman–Crippen MR) is 79.2 cm³/mol. The Morgan fingerprint density at radius 1 is 1.37 bits per heavy atom. The average Bonchev–Trinajstić information content (AvgIpc) is 2.38. The molecule has 0 unspecified atom stereocenters. The highest BCUT2D eigenvalue weighted by Gasteiger charge is 2.05. The Hall–Kier alpha value is -1.46. The Labute approximate surface area is 120 Å². The highest BCUT2D eigenvalue weighted by Crippen LogP contribution is 2.17. The number of rotatable bonds is 5. The monoisotopic (exact) mass is 321 g/mol. The fraction of sp³-hybridized carbons (Fsp3) is 0.286. The molecule has 2 aromatic rings. The third-order valence-corrected chi connectivity index (χ3v) is 3.49. The minimum atomic E-state index is -0.107. The topological polar surface area (TPSA) is 57.8 Å². The number of nitrogens with zero attached hydrogens (tertiary/aromatic N) is 1. The van der Waals surface area contributed by atoms with E-state index in [4.69, 9.17) is 0 Å². The fourth-order valence-electron chi connectivity index (χ4n) is 1.81. The second kappa shape index (κ2) is 6.63. The van der Waals surface area contributed by atoms with Crippen LogP contribution in [0, 0.1) is 0 Å². The van der Waals surface area contributed by atoms with Crippen LogP contribution in [-0.4, -0.2) is 16.5 Å². The molecular formula is C14H16BrN3O. The van der Waals surface area contributed by atoms with Crippen LogP contribution in [0.25, 0.3) is 0 Å². The van der Waals surface area contributed by atoms with E-state index in [1.807, 2.05) is 31.2 Å². The zero-order chi connectivity index (χ0) is 13.7. The van der Waals surface area contributed by atoms with Crippen LogP contribution in [0.1, 0.15) is 24.0 Å². The molecule has 2 N–H and O–H groups in total. The van der Waals surface area contributed by atoms with E-state index in [1.165, 1.54) is 6.07 Å². The molecule has 2 rings (SSSR count). The van der Waals surface area contributed by atoms with E-state index in [9.17, 15) is 4.79 Å². The summed E-state index contributed by atoms with van der Waals surface area (Å²) in [6.45, 7) is 3.49. The first-order valence-electron chi connectivity index (χ1n) is 6.22. The molecule has 0 aliphatic rings. The van der Waals surface area contributed by atoms with Gasteiger partial charge in [0.15, 0.2) is 0 Å². The van der Waals surface area contributed by atoms with Crippen LogP contribution in [-0.2, 0) is 13.0 Å². The molecule has 0 fully saturated rings. The van der Waals surface area contributed by atoms with Crippen molar-refractivity contribution in [2.75, 3.05) is 6.54 Å². The van der Waals surface area contributed by atoms with Crippen molar-refractivity contribution in [1.82, 2.24) is 15.3 Å². The lowest BCUT2D eigenvalue weighted by Crippen LogP contribution is -2.18. The van der Waals surface area contributed by atoms with Crippen LogP contribution >= 0.6 is 15.9 Å². The van der Waals surface area contributed by atoms with Crippen LogP contribution in [0.2, 0.25) is 0 Å². The number of nitrogens with one attached hydrogen (secondary N) is 2. The van der Waals surface area contributed by atoms with Crippen molar-refractivity contribution in [2.45, 2.75) is 19.9 Å². The highest BCUT2D eigenvalue weighted by atomic mass is 79.9. The van der Waals surface area contributed by atoms with Gasteiger partial charge in [0.25, 0.3) is 5.56 Å². The van der Waals surface area contributed by atoms with E-state index in [1.54, 1.807) is 0 Å².